The third-order valence-electron chi connectivity index (χ3n) is 4.27. The van der Waals surface area contributed by atoms with Gasteiger partial charge in [0.1, 0.15) is 12.4 Å². The molecule has 23 heavy (non-hydrogen) atoms. The highest BCUT2D eigenvalue weighted by Crippen LogP contribution is 2.20. The van der Waals surface area contributed by atoms with Crippen LogP contribution >= 0.6 is 0 Å². The van der Waals surface area contributed by atoms with Crippen molar-refractivity contribution in [2.24, 2.45) is 0 Å². The van der Waals surface area contributed by atoms with E-state index in [1.807, 2.05) is 32.0 Å². The number of rotatable bonds is 5. The minimum Gasteiger partial charge on any atom is -0.491 e. The van der Waals surface area contributed by atoms with Crippen molar-refractivity contribution in [3.8, 4) is 5.75 Å². The number of carbonyl (C=O) groups excluding carboxylic acids is 1. The van der Waals surface area contributed by atoms with Crippen LogP contribution in [0, 0.1) is 13.8 Å². The second kappa shape index (κ2) is 7.21. The molecule has 1 unspecified atom stereocenters. The minimum absolute atomic E-state index is 0.0515. The van der Waals surface area contributed by atoms with Gasteiger partial charge < -0.3 is 15.0 Å². The lowest BCUT2D eigenvalue weighted by Crippen LogP contribution is -2.45. The van der Waals surface area contributed by atoms with Crippen LogP contribution in [0.25, 0.3) is 0 Å². The fourth-order valence-corrected chi connectivity index (χ4v) is 4.35. The summed E-state index contributed by atoms with van der Waals surface area (Å²) in [6, 6.07) is 5.36. The van der Waals surface area contributed by atoms with Gasteiger partial charge in [0.05, 0.1) is 18.1 Å². The fourth-order valence-electron chi connectivity index (χ4n) is 2.57. The van der Waals surface area contributed by atoms with Gasteiger partial charge in [-0.25, -0.2) is 13.2 Å². The van der Waals surface area contributed by atoms with Crippen LogP contribution in [0.4, 0.5) is 4.79 Å². The summed E-state index contributed by atoms with van der Waals surface area (Å²) in [6.45, 7) is 4.76. The van der Waals surface area contributed by atoms with E-state index in [0.29, 0.717) is 19.6 Å². The molecule has 1 N–H and O–H groups in total. The van der Waals surface area contributed by atoms with Gasteiger partial charge in [0.2, 0.25) is 0 Å². The molecule has 1 fully saturated rings. The maximum atomic E-state index is 12.0. The summed E-state index contributed by atoms with van der Waals surface area (Å²) >= 11 is 0. The van der Waals surface area contributed by atoms with E-state index >= 15 is 0 Å². The molecule has 1 aromatic carbocycles. The summed E-state index contributed by atoms with van der Waals surface area (Å²) in [7, 11) is -1.36. The molecular weight excluding hydrogens is 316 g/mol. The van der Waals surface area contributed by atoms with Crippen molar-refractivity contribution < 1.29 is 17.9 Å². The first-order valence-corrected chi connectivity index (χ1v) is 9.52. The monoisotopic (exact) mass is 340 g/mol. The smallest absolute Gasteiger partial charge is 0.317 e. The lowest BCUT2D eigenvalue weighted by Gasteiger charge is -2.23. The van der Waals surface area contributed by atoms with E-state index in [1.165, 1.54) is 4.90 Å². The Labute approximate surface area is 137 Å². The lowest BCUT2D eigenvalue weighted by atomic mass is 10.1. The number of nitrogens with zero attached hydrogens (tertiary/aromatic N) is 1. The molecule has 1 aromatic rings. The number of nitrogens with one attached hydrogen (secondary N) is 1. The standard InChI is InChI=1S/C16H24N2O4S/c1-12-5-4-6-15(13(12)2)22-9-8-17-16(19)18(3)14-7-10-23(20,21)11-14/h4-6,14H,7-11H2,1-3H3,(H,17,19). The average molecular weight is 340 g/mol. The zero-order valence-electron chi connectivity index (χ0n) is 13.8. The highest BCUT2D eigenvalue weighted by molar-refractivity contribution is 7.91. The highest BCUT2D eigenvalue weighted by Gasteiger charge is 2.32. The largest absolute Gasteiger partial charge is 0.491 e. The molecule has 0 aliphatic carbocycles. The van der Waals surface area contributed by atoms with Gasteiger partial charge in [-0.3, -0.25) is 0 Å². The number of hydrogen-bond acceptors (Lipinski definition) is 4. The minimum atomic E-state index is -2.99. The van der Waals surface area contributed by atoms with Gasteiger partial charge in [0.25, 0.3) is 0 Å². The Hall–Kier alpha value is -1.76. The van der Waals surface area contributed by atoms with Crippen LogP contribution in [-0.4, -0.2) is 57.1 Å². The van der Waals surface area contributed by atoms with Crippen molar-refractivity contribution in [2.75, 3.05) is 31.7 Å². The topological polar surface area (TPSA) is 75.7 Å². The van der Waals surface area contributed by atoms with Crippen LogP contribution in [0.5, 0.6) is 5.75 Å². The molecule has 128 valence electrons. The van der Waals surface area contributed by atoms with Gasteiger partial charge in [0, 0.05) is 13.1 Å². The number of urea groups is 1. The molecule has 0 radical (unpaired) electrons. The second-order valence-corrected chi connectivity index (χ2v) is 8.17. The van der Waals surface area contributed by atoms with E-state index in [-0.39, 0.29) is 23.6 Å². The van der Waals surface area contributed by atoms with Crippen molar-refractivity contribution >= 4 is 15.9 Å². The van der Waals surface area contributed by atoms with Gasteiger partial charge in [-0.2, -0.15) is 0 Å². The molecule has 1 saturated heterocycles. The number of ether oxygens (including phenoxy) is 1. The first-order valence-electron chi connectivity index (χ1n) is 7.70. The normalized spacial score (nSPS) is 19.3. The van der Waals surface area contributed by atoms with Crippen LogP contribution in [0.2, 0.25) is 0 Å². The quantitative estimate of drug-likeness (QED) is 0.825. The van der Waals surface area contributed by atoms with Crippen molar-refractivity contribution in [1.82, 2.24) is 10.2 Å². The Morgan fingerprint density at radius 1 is 1.39 bits per heavy atom. The summed E-state index contributed by atoms with van der Waals surface area (Å²) in [5.74, 6) is 1.02. The zero-order chi connectivity index (χ0) is 17.0. The van der Waals surface area contributed by atoms with Crippen molar-refractivity contribution in [1.29, 1.82) is 0 Å². The molecule has 0 aromatic heterocycles. The van der Waals surface area contributed by atoms with Gasteiger partial charge >= 0.3 is 6.03 Å². The Balaban J connectivity index is 1.76. The fraction of sp³-hybridized carbons (Fsp3) is 0.562. The summed E-state index contributed by atoms with van der Waals surface area (Å²) in [4.78, 5) is 13.5. The molecule has 0 spiro atoms. The molecule has 7 heteroatoms. The summed E-state index contributed by atoms with van der Waals surface area (Å²) in [6.07, 6.45) is 0.505. The number of benzene rings is 1. The summed E-state index contributed by atoms with van der Waals surface area (Å²) in [5, 5.41) is 2.76. The average Bonchev–Trinajstić information content (AvgIpc) is 2.86. The molecule has 2 amide bonds. The van der Waals surface area contributed by atoms with Gasteiger partial charge in [0.15, 0.2) is 9.84 Å². The van der Waals surface area contributed by atoms with Crippen LogP contribution in [-0.2, 0) is 9.84 Å². The third-order valence-corrected chi connectivity index (χ3v) is 6.02. The Morgan fingerprint density at radius 3 is 2.78 bits per heavy atom. The van der Waals surface area contributed by atoms with Crippen LogP contribution in [0.15, 0.2) is 18.2 Å². The summed E-state index contributed by atoms with van der Waals surface area (Å²) in [5.41, 5.74) is 2.25. The number of amides is 2. The van der Waals surface area contributed by atoms with E-state index in [9.17, 15) is 13.2 Å². The van der Waals surface area contributed by atoms with E-state index in [0.717, 1.165) is 16.9 Å². The molecule has 6 nitrogen and oxygen atoms in total. The first-order chi connectivity index (χ1) is 10.8. The van der Waals surface area contributed by atoms with E-state index in [4.69, 9.17) is 4.74 Å². The van der Waals surface area contributed by atoms with E-state index in [1.54, 1.807) is 7.05 Å². The zero-order valence-corrected chi connectivity index (χ0v) is 14.6. The highest BCUT2D eigenvalue weighted by atomic mass is 32.2. The van der Waals surface area contributed by atoms with E-state index in [2.05, 4.69) is 5.32 Å². The molecule has 2 rings (SSSR count). The SMILES string of the molecule is Cc1cccc(OCCNC(=O)N(C)C2CCS(=O)(=O)C2)c1C. The molecule has 1 aliphatic rings. The molecule has 0 bridgehead atoms. The lowest BCUT2D eigenvalue weighted by molar-refractivity contribution is 0.192. The van der Waals surface area contributed by atoms with Crippen molar-refractivity contribution in [2.45, 2.75) is 26.3 Å². The van der Waals surface area contributed by atoms with Crippen molar-refractivity contribution in [3.05, 3.63) is 29.3 Å². The predicted octanol–water partition coefficient (Wildman–Crippen LogP) is 1.51. The number of aryl methyl sites for hydroxylation is 1. The van der Waals surface area contributed by atoms with Gasteiger partial charge in [-0.05, 0) is 37.5 Å². The molecule has 1 heterocycles. The maximum absolute atomic E-state index is 12.0. The van der Waals surface area contributed by atoms with Crippen LogP contribution in [0.1, 0.15) is 17.5 Å². The molecule has 0 saturated carbocycles. The first kappa shape index (κ1) is 17.6. The second-order valence-electron chi connectivity index (χ2n) is 5.95. The number of hydrogen-bond donors (Lipinski definition) is 1. The predicted molar refractivity (Wildman–Crippen MR) is 89.6 cm³/mol. The van der Waals surface area contributed by atoms with Crippen LogP contribution in [0.3, 0.4) is 0 Å². The van der Waals surface area contributed by atoms with Crippen LogP contribution < -0.4 is 10.1 Å². The summed E-state index contributed by atoms with van der Waals surface area (Å²) < 4.78 is 28.6. The number of sulfone groups is 1. The Bertz CT molecular complexity index is 673. The molecule has 1 aliphatic heterocycles. The molecule has 1 atom stereocenters. The number of carbonyl (C=O) groups is 1. The third kappa shape index (κ3) is 4.60. The molecular formula is C16H24N2O4S. The van der Waals surface area contributed by atoms with Gasteiger partial charge in [-0.15, -0.1) is 0 Å². The van der Waals surface area contributed by atoms with Crippen molar-refractivity contribution in [3.63, 3.8) is 0 Å². The Morgan fingerprint density at radius 2 is 2.13 bits per heavy atom. The maximum Gasteiger partial charge on any atom is 0.317 e. The van der Waals surface area contributed by atoms with E-state index < -0.39 is 9.84 Å². The Kier molecular flexibility index (Phi) is 5.51. The van der Waals surface area contributed by atoms with Gasteiger partial charge in [-0.1, -0.05) is 12.1 Å².